The Balaban J connectivity index is 1.77. The molecule has 0 spiro atoms. The van der Waals surface area contributed by atoms with Crippen LogP contribution in [-0.4, -0.2) is 53.2 Å². The number of nitrogens with zero attached hydrogens (tertiary/aromatic N) is 1. The smallest absolute Gasteiger partial charge is 0.155 e. The fourth-order valence-corrected chi connectivity index (χ4v) is 3.24. The molecule has 1 heterocycles. The van der Waals surface area contributed by atoms with Gasteiger partial charge < -0.3 is 14.9 Å². The molecule has 19 heavy (non-hydrogen) atoms. The van der Waals surface area contributed by atoms with E-state index in [1.165, 1.54) is 12.8 Å². The van der Waals surface area contributed by atoms with E-state index < -0.39 is 6.29 Å². The summed E-state index contributed by atoms with van der Waals surface area (Å²) in [5.74, 6) is 0.336. The normalized spacial score (nSPS) is 35.0. The maximum Gasteiger partial charge on any atom is 0.155 e. The number of aliphatic hydroxyl groups excluding tert-OH is 2. The molecule has 2 aliphatic rings. The lowest BCUT2D eigenvalue weighted by Gasteiger charge is -2.29. The molecular formula is C15H27NO3. The van der Waals surface area contributed by atoms with Gasteiger partial charge in [0.05, 0.1) is 12.2 Å². The Kier molecular flexibility index (Phi) is 5.39. The summed E-state index contributed by atoms with van der Waals surface area (Å²) >= 11 is 0. The molecule has 2 unspecified atom stereocenters. The van der Waals surface area contributed by atoms with Crippen molar-refractivity contribution in [2.24, 2.45) is 5.92 Å². The highest BCUT2D eigenvalue weighted by Gasteiger charge is 2.42. The third-order valence-electron chi connectivity index (χ3n) is 4.30. The predicted molar refractivity (Wildman–Crippen MR) is 74.7 cm³/mol. The van der Waals surface area contributed by atoms with Gasteiger partial charge in [0.25, 0.3) is 0 Å². The number of hydrogen-bond donors (Lipinski definition) is 2. The third-order valence-corrected chi connectivity index (χ3v) is 4.30. The van der Waals surface area contributed by atoms with Crippen molar-refractivity contribution in [2.45, 2.75) is 63.6 Å². The molecule has 0 aromatic carbocycles. The first kappa shape index (κ1) is 15.0. The Labute approximate surface area is 116 Å². The summed E-state index contributed by atoms with van der Waals surface area (Å²) in [5, 5.41) is 19.6. The van der Waals surface area contributed by atoms with Crippen LogP contribution in [0, 0.1) is 5.92 Å². The molecule has 2 N–H and O–H groups in total. The molecule has 110 valence electrons. The summed E-state index contributed by atoms with van der Waals surface area (Å²) in [4.78, 5) is 2.19. The van der Waals surface area contributed by atoms with Gasteiger partial charge in [-0.1, -0.05) is 38.3 Å². The largest absolute Gasteiger partial charge is 0.392 e. The van der Waals surface area contributed by atoms with Crippen molar-refractivity contribution in [3.8, 4) is 0 Å². The minimum absolute atomic E-state index is 0.0553. The summed E-state index contributed by atoms with van der Waals surface area (Å²) in [6, 6.07) is 0.281. The van der Waals surface area contributed by atoms with Crippen molar-refractivity contribution in [3.63, 3.8) is 0 Å². The summed E-state index contributed by atoms with van der Waals surface area (Å²) < 4.78 is 5.43. The van der Waals surface area contributed by atoms with E-state index >= 15 is 0 Å². The zero-order valence-corrected chi connectivity index (χ0v) is 12.0. The van der Waals surface area contributed by atoms with Gasteiger partial charge in [0.15, 0.2) is 6.29 Å². The monoisotopic (exact) mass is 269 g/mol. The van der Waals surface area contributed by atoms with Crippen molar-refractivity contribution in [1.82, 2.24) is 4.90 Å². The van der Waals surface area contributed by atoms with Crippen molar-refractivity contribution in [3.05, 3.63) is 12.2 Å². The lowest BCUT2D eigenvalue weighted by atomic mass is 9.97. The van der Waals surface area contributed by atoms with E-state index in [4.69, 9.17) is 4.74 Å². The van der Waals surface area contributed by atoms with E-state index in [-0.39, 0.29) is 18.2 Å². The third kappa shape index (κ3) is 3.78. The van der Waals surface area contributed by atoms with Crippen LogP contribution in [-0.2, 0) is 4.74 Å². The molecule has 4 nitrogen and oxygen atoms in total. The number of unbranched alkanes of at least 4 members (excludes halogenated alkanes) is 2. The summed E-state index contributed by atoms with van der Waals surface area (Å²) in [6.07, 6.45) is 8.43. The first-order valence-electron chi connectivity index (χ1n) is 7.52. The lowest BCUT2D eigenvalue weighted by Crippen LogP contribution is -2.40. The topological polar surface area (TPSA) is 52.9 Å². The van der Waals surface area contributed by atoms with Crippen LogP contribution in [0.25, 0.3) is 0 Å². The Hall–Kier alpha value is -0.420. The second-order valence-corrected chi connectivity index (χ2v) is 5.92. The first-order chi connectivity index (χ1) is 9.11. The number of likely N-dealkylation sites (N-methyl/N-ethyl adjacent to an activating group) is 1. The fraction of sp³-hybridized carbons (Fsp3) is 0.867. The highest BCUT2D eigenvalue weighted by molar-refractivity contribution is 5.14. The van der Waals surface area contributed by atoms with Crippen LogP contribution in [0.3, 0.4) is 0 Å². The highest BCUT2D eigenvalue weighted by atomic mass is 16.6. The molecular weight excluding hydrogens is 242 g/mol. The van der Waals surface area contributed by atoms with Gasteiger partial charge in [0.1, 0.15) is 0 Å². The van der Waals surface area contributed by atoms with Crippen molar-refractivity contribution in [2.75, 3.05) is 13.6 Å². The second kappa shape index (κ2) is 6.84. The van der Waals surface area contributed by atoms with Gasteiger partial charge in [-0.2, -0.15) is 0 Å². The molecule has 0 radical (unpaired) electrons. The second-order valence-electron chi connectivity index (χ2n) is 5.92. The summed E-state index contributed by atoms with van der Waals surface area (Å²) in [5.41, 5.74) is 0. The number of hydrogen-bond acceptors (Lipinski definition) is 4. The van der Waals surface area contributed by atoms with Gasteiger partial charge in [-0.3, -0.25) is 4.90 Å². The maximum atomic E-state index is 10.1. The van der Waals surface area contributed by atoms with Gasteiger partial charge in [-0.15, -0.1) is 0 Å². The van der Waals surface area contributed by atoms with Gasteiger partial charge in [-0.25, -0.2) is 0 Å². The number of fused-ring (bicyclic) bond motifs is 1. The maximum absolute atomic E-state index is 10.1. The van der Waals surface area contributed by atoms with E-state index in [1.54, 1.807) is 0 Å². The minimum Gasteiger partial charge on any atom is -0.392 e. The van der Waals surface area contributed by atoms with E-state index in [1.807, 2.05) is 13.1 Å². The molecule has 4 heteroatoms. The van der Waals surface area contributed by atoms with E-state index in [0.717, 1.165) is 12.8 Å². The van der Waals surface area contributed by atoms with Crippen LogP contribution in [0.15, 0.2) is 12.2 Å². The SMILES string of the molecule is CCCCCC(O)CN(C)[C@H]1C=C[C@H]2OC(O)C[C@H]21. The molecule has 0 amide bonds. The van der Waals surface area contributed by atoms with Crippen LogP contribution < -0.4 is 0 Å². The Morgan fingerprint density at radius 1 is 1.37 bits per heavy atom. The van der Waals surface area contributed by atoms with Crippen LogP contribution in [0.1, 0.15) is 39.0 Å². The molecule has 0 bridgehead atoms. The van der Waals surface area contributed by atoms with Crippen LogP contribution in [0.5, 0.6) is 0 Å². The Bertz CT molecular complexity index is 308. The minimum atomic E-state index is -0.620. The number of ether oxygens (including phenoxy) is 1. The lowest BCUT2D eigenvalue weighted by molar-refractivity contribution is -0.0784. The Morgan fingerprint density at radius 3 is 2.89 bits per heavy atom. The zero-order chi connectivity index (χ0) is 13.8. The molecule has 1 aliphatic carbocycles. The number of aliphatic hydroxyl groups is 2. The van der Waals surface area contributed by atoms with Crippen molar-refractivity contribution < 1.29 is 14.9 Å². The van der Waals surface area contributed by atoms with Gasteiger partial charge >= 0.3 is 0 Å². The summed E-state index contributed by atoms with van der Waals surface area (Å²) in [6.45, 7) is 2.87. The fourth-order valence-electron chi connectivity index (χ4n) is 3.24. The standard InChI is InChI=1S/C15H27NO3/c1-3-4-5-6-11(17)10-16(2)13-7-8-14-12(13)9-15(18)19-14/h7-8,11-15,17-18H,3-6,9-10H2,1-2H3/t11?,12-,13-,14+,15?/m0/s1. The average Bonchev–Trinajstić information content (AvgIpc) is 2.87. The van der Waals surface area contributed by atoms with Crippen LogP contribution in [0.4, 0.5) is 0 Å². The number of rotatable bonds is 7. The molecule has 0 aromatic heterocycles. The molecule has 1 aliphatic heterocycles. The van der Waals surface area contributed by atoms with Crippen molar-refractivity contribution in [1.29, 1.82) is 0 Å². The van der Waals surface area contributed by atoms with E-state index in [9.17, 15) is 10.2 Å². The molecule has 1 fully saturated rings. The highest BCUT2D eigenvalue weighted by Crippen LogP contribution is 2.36. The van der Waals surface area contributed by atoms with Crippen LogP contribution in [0.2, 0.25) is 0 Å². The van der Waals surface area contributed by atoms with Crippen LogP contribution >= 0.6 is 0 Å². The molecule has 1 saturated heterocycles. The van der Waals surface area contributed by atoms with E-state index in [0.29, 0.717) is 18.9 Å². The molecule has 2 rings (SSSR count). The molecule has 0 saturated carbocycles. The van der Waals surface area contributed by atoms with Gasteiger partial charge in [0, 0.05) is 24.9 Å². The van der Waals surface area contributed by atoms with Gasteiger partial charge in [-0.05, 0) is 13.5 Å². The zero-order valence-electron chi connectivity index (χ0n) is 12.0. The molecule has 0 aromatic rings. The average molecular weight is 269 g/mol. The van der Waals surface area contributed by atoms with Gasteiger partial charge in [0.2, 0.25) is 0 Å². The predicted octanol–water partition coefficient (Wildman–Crippen LogP) is 1.52. The van der Waals surface area contributed by atoms with Crippen molar-refractivity contribution >= 4 is 0 Å². The molecule has 5 atom stereocenters. The first-order valence-corrected chi connectivity index (χ1v) is 7.52. The summed E-state index contributed by atoms with van der Waals surface area (Å²) in [7, 11) is 2.05. The quantitative estimate of drug-likeness (QED) is 0.543. The Morgan fingerprint density at radius 2 is 2.16 bits per heavy atom. The van der Waals surface area contributed by atoms with E-state index in [2.05, 4.69) is 17.9 Å².